The van der Waals surface area contributed by atoms with Gasteiger partial charge in [0.15, 0.2) is 6.04 Å². The van der Waals surface area contributed by atoms with Crippen molar-refractivity contribution in [3.05, 3.63) is 22.4 Å². The normalized spacial score (nSPS) is 14.9. The lowest BCUT2D eigenvalue weighted by molar-refractivity contribution is -0.142. The van der Waals surface area contributed by atoms with E-state index in [1.54, 1.807) is 17.5 Å². The third kappa shape index (κ3) is 3.54. The highest BCUT2D eigenvalue weighted by Crippen LogP contribution is 2.21. The molecule has 0 aliphatic rings. The topological polar surface area (TPSA) is 92.4 Å². The van der Waals surface area contributed by atoms with Crippen LogP contribution in [0.2, 0.25) is 0 Å². The number of nitrogens with two attached hydrogens (primary N) is 1. The van der Waals surface area contributed by atoms with Crippen LogP contribution in [0.4, 0.5) is 0 Å². The highest BCUT2D eigenvalue weighted by atomic mass is 32.1. The average Bonchev–Trinajstić information content (AvgIpc) is 2.75. The number of hydrogen-bond donors (Lipinski definition) is 3. The molecule has 0 saturated heterocycles. The zero-order valence-corrected chi connectivity index (χ0v) is 11.5. The van der Waals surface area contributed by atoms with E-state index in [2.05, 4.69) is 5.32 Å². The summed E-state index contributed by atoms with van der Waals surface area (Å²) >= 11 is 1.28. The van der Waals surface area contributed by atoms with Crippen molar-refractivity contribution in [3.8, 4) is 0 Å². The van der Waals surface area contributed by atoms with Gasteiger partial charge < -0.3 is 16.2 Å². The van der Waals surface area contributed by atoms with Gasteiger partial charge in [0.1, 0.15) is 0 Å². The van der Waals surface area contributed by atoms with Crippen LogP contribution in [0.3, 0.4) is 0 Å². The Balaban J connectivity index is 2.81. The van der Waals surface area contributed by atoms with Gasteiger partial charge in [0.25, 0.3) is 0 Å². The van der Waals surface area contributed by atoms with Crippen LogP contribution in [0, 0.1) is 5.41 Å². The van der Waals surface area contributed by atoms with E-state index in [4.69, 9.17) is 10.8 Å². The lowest BCUT2D eigenvalue weighted by Gasteiger charge is -2.27. The molecule has 0 radical (unpaired) electrons. The van der Waals surface area contributed by atoms with Crippen molar-refractivity contribution in [1.82, 2.24) is 5.32 Å². The second-order valence-electron chi connectivity index (χ2n) is 5.14. The lowest BCUT2D eigenvalue weighted by atomic mass is 9.87. The highest BCUT2D eigenvalue weighted by molar-refractivity contribution is 7.10. The first kappa shape index (κ1) is 14.7. The van der Waals surface area contributed by atoms with Gasteiger partial charge in [-0.15, -0.1) is 11.3 Å². The smallest absolute Gasteiger partial charge is 0.331 e. The van der Waals surface area contributed by atoms with Crippen molar-refractivity contribution in [2.45, 2.75) is 32.9 Å². The first-order chi connectivity index (χ1) is 8.23. The molecule has 0 fully saturated rings. The van der Waals surface area contributed by atoms with Crippen molar-refractivity contribution in [2.75, 3.05) is 0 Å². The molecule has 2 atom stereocenters. The number of rotatable bonds is 4. The summed E-state index contributed by atoms with van der Waals surface area (Å²) in [5.41, 5.74) is 5.38. The molecule has 6 heteroatoms. The largest absolute Gasteiger partial charge is 0.479 e. The van der Waals surface area contributed by atoms with Crippen molar-refractivity contribution < 1.29 is 14.7 Å². The molecule has 0 saturated carbocycles. The molecule has 0 aliphatic heterocycles. The van der Waals surface area contributed by atoms with E-state index in [1.165, 1.54) is 11.3 Å². The quantitative estimate of drug-likeness (QED) is 0.770. The molecule has 1 aromatic rings. The number of nitrogens with one attached hydrogen (secondary N) is 1. The summed E-state index contributed by atoms with van der Waals surface area (Å²) in [5, 5.41) is 13.4. The third-order valence-corrected chi connectivity index (χ3v) is 3.51. The molecule has 1 rings (SSSR count). The number of aliphatic carboxylic acids is 1. The maximum Gasteiger partial charge on any atom is 0.331 e. The van der Waals surface area contributed by atoms with Gasteiger partial charge in [-0.1, -0.05) is 26.8 Å². The fourth-order valence-electron chi connectivity index (χ4n) is 1.34. The summed E-state index contributed by atoms with van der Waals surface area (Å²) in [6, 6.07) is 1.63. The zero-order chi connectivity index (χ0) is 13.9. The van der Waals surface area contributed by atoms with Gasteiger partial charge >= 0.3 is 5.97 Å². The van der Waals surface area contributed by atoms with Crippen LogP contribution in [-0.4, -0.2) is 23.0 Å². The SMILES string of the molecule is CC(C)(C)[C@H](N)C(=O)NC(C(=O)O)c1cccs1. The molecule has 1 aromatic heterocycles. The van der Waals surface area contributed by atoms with Crippen LogP contribution in [0.1, 0.15) is 31.7 Å². The number of carboxylic acids is 1. The number of amides is 1. The fourth-order valence-corrected chi connectivity index (χ4v) is 2.10. The van der Waals surface area contributed by atoms with Gasteiger partial charge in [-0.05, 0) is 16.9 Å². The van der Waals surface area contributed by atoms with E-state index >= 15 is 0 Å². The molecular weight excluding hydrogens is 252 g/mol. The van der Waals surface area contributed by atoms with E-state index in [0.717, 1.165) is 0 Å². The Labute approximate surface area is 110 Å². The van der Waals surface area contributed by atoms with Gasteiger partial charge in [0.05, 0.1) is 6.04 Å². The average molecular weight is 270 g/mol. The third-order valence-electron chi connectivity index (χ3n) is 2.58. The van der Waals surface area contributed by atoms with E-state index in [1.807, 2.05) is 20.8 Å². The summed E-state index contributed by atoms with van der Waals surface area (Å²) in [6.07, 6.45) is 0. The Morgan fingerprint density at radius 1 is 1.44 bits per heavy atom. The Morgan fingerprint density at radius 3 is 2.44 bits per heavy atom. The molecule has 5 nitrogen and oxygen atoms in total. The number of carbonyl (C=O) groups excluding carboxylic acids is 1. The second-order valence-corrected chi connectivity index (χ2v) is 6.12. The van der Waals surface area contributed by atoms with Gasteiger partial charge in [-0.25, -0.2) is 4.79 Å². The van der Waals surface area contributed by atoms with E-state index in [-0.39, 0.29) is 0 Å². The number of carboxylic acid groups (broad SMARTS) is 1. The van der Waals surface area contributed by atoms with Crippen LogP contribution in [0.25, 0.3) is 0 Å². The summed E-state index contributed by atoms with van der Waals surface area (Å²) in [6.45, 7) is 5.49. The van der Waals surface area contributed by atoms with Crippen LogP contribution >= 0.6 is 11.3 Å². The monoisotopic (exact) mass is 270 g/mol. The predicted molar refractivity (Wildman–Crippen MR) is 70.3 cm³/mol. The molecule has 0 aliphatic carbocycles. The number of hydrogen-bond acceptors (Lipinski definition) is 4. The summed E-state index contributed by atoms with van der Waals surface area (Å²) < 4.78 is 0. The van der Waals surface area contributed by atoms with Crippen molar-refractivity contribution >= 4 is 23.2 Å². The van der Waals surface area contributed by atoms with E-state index < -0.39 is 29.4 Å². The Kier molecular flexibility index (Phi) is 4.48. The van der Waals surface area contributed by atoms with Crippen molar-refractivity contribution in [3.63, 3.8) is 0 Å². The Morgan fingerprint density at radius 2 is 2.06 bits per heavy atom. The van der Waals surface area contributed by atoms with E-state index in [9.17, 15) is 9.59 Å². The second kappa shape index (κ2) is 5.49. The lowest BCUT2D eigenvalue weighted by Crippen LogP contribution is -2.50. The number of thiophene rings is 1. The van der Waals surface area contributed by atoms with Crippen LogP contribution in [0.5, 0.6) is 0 Å². The maximum absolute atomic E-state index is 11.9. The van der Waals surface area contributed by atoms with E-state index in [0.29, 0.717) is 4.88 Å². The summed E-state index contributed by atoms with van der Waals surface area (Å²) in [4.78, 5) is 23.6. The minimum Gasteiger partial charge on any atom is -0.479 e. The Bertz CT molecular complexity index is 423. The van der Waals surface area contributed by atoms with Crippen LogP contribution in [0.15, 0.2) is 17.5 Å². The van der Waals surface area contributed by atoms with Crippen LogP contribution < -0.4 is 11.1 Å². The molecule has 1 amide bonds. The number of carbonyl (C=O) groups is 2. The van der Waals surface area contributed by atoms with Crippen LogP contribution in [-0.2, 0) is 9.59 Å². The summed E-state index contributed by atoms with van der Waals surface area (Å²) in [5.74, 6) is -1.55. The molecular formula is C12H18N2O3S. The molecule has 0 aromatic carbocycles. The minimum atomic E-state index is -1.09. The van der Waals surface area contributed by atoms with Gasteiger partial charge in [0, 0.05) is 4.88 Å². The van der Waals surface area contributed by atoms with Crippen molar-refractivity contribution in [1.29, 1.82) is 0 Å². The molecule has 18 heavy (non-hydrogen) atoms. The molecule has 1 heterocycles. The molecule has 0 spiro atoms. The minimum absolute atomic E-state index is 0.414. The molecule has 0 bridgehead atoms. The van der Waals surface area contributed by atoms with Crippen molar-refractivity contribution in [2.24, 2.45) is 11.1 Å². The fraction of sp³-hybridized carbons (Fsp3) is 0.500. The van der Waals surface area contributed by atoms with Gasteiger partial charge in [-0.3, -0.25) is 4.79 Å². The van der Waals surface area contributed by atoms with Gasteiger partial charge in [-0.2, -0.15) is 0 Å². The highest BCUT2D eigenvalue weighted by Gasteiger charge is 2.31. The molecule has 1 unspecified atom stereocenters. The maximum atomic E-state index is 11.9. The predicted octanol–water partition coefficient (Wildman–Crippen LogP) is 1.36. The Hall–Kier alpha value is -1.40. The standard InChI is InChI=1S/C12H18N2O3S/c1-12(2,3)9(13)10(15)14-8(11(16)17)7-5-4-6-18-7/h4-6,8-9H,13H2,1-3H3,(H,14,15)(H,16,17)/t8?,9-/m1/s1. The molecule has 4 N–H and O–H groups in total. The van der Waals surface area contributed by atoms with Gasteiger partial charge in [0.2, 0.25) is 5.91 Å². The zero-order valence-electron chi connectivity index (χ0n) is 10.6. The summed E-state index contributed by atoms with van der Waals surface area (Å²) in [7, 11) is 0. The first-order valence-electron chi connectivity index (χ1n) is 5.55. The molecule has 100 valence electrons. The first-order valence-corrected chi connectivity index (χ1v) is 6.43.